The van der Waals surface area contributed by atoms with Crippen LogP contribution in [0.1, 0.15) is 34.7 Å². The van der Waals surface area contributed by atoms with Crippen LogP contribution >= 0.6 is 23.8 Å². The van der Waals surface area contributed by atoms with Crippen molar-refractivity contribution in [3.8, 4) is 22.9 Å². The van der Waals surface area contributed by atoms with Crippen LogP contribution < -0.4 is 24.4 Å². The fourth-order valence-electron chi connectivity index (χ4n) is 5.21. The lowest BCUT2D eigenvalue weighted by Crippen LogP contribution is -2.30. The number of hydrogen-bond acceptors (Lipinski definition) is 5. The van der Waals surface area contributed by atoms with Gasteiger partial charge in [-0.15, -0.1) is 0 Å². The number of anilines is 1. The molecule has 1 aliphatic rings. The molecule has 2 atom stereocenters. The second kappa shape index (κ2) is 10.6. The van der Waals surface area contributed by atoms with Crippen LogP contribution in [0.25, 0.3) is 5.69 Å². The molecule has 38 heavy (non-hydrogen) atoms. The highest BCUT2D eigenvalue weighted by Gasteiger charge is 2.43. The van der Waals surface area contributed by atoms with Crippen LogP contribution in [-0.2, 0) is 0 Å². The van der Waals surface area contributed by atoms with E-state index in [1.165, 1.54) is 0 Å². The minimum absolute atomic E-state index is 0.203. The van der Waals surface area contributed by atoms with Crippen LogP contribution in [0.2, 0.25) is 5.02 Å². The van der Waals surface area contributed by atoms with E-state index < -0.39 is 0 Å². The molecule has 4 aromatic rings. The zero-order chi connectivity index (χ0) is 27.0. The van der Waals surface area contributed by atoms with E-state index in [9.17, 15) is 0 Å². The Balaban J connectivity index is 1.72. The first-order chi connectivity index (χ1) is 18.4. The summed E-state index contributed by atoms with van der Waals surface area (Å²) in [5.74, 6) is 2.09. The summed E-state index contributed by atoms with van der Waals surface area (Å²) in [4.78, 5) is 6.79. The predicted octanol–water partition coefficient (Wildman–Crippen LogP) is 6.35. The van der Waals surface area contributed by atoms with Crippen LogP contribution in [0.5, 0.6) is 17.2 Å². The van der Waals surface area contributed by atoms with Gasteiger partial charge in [0.15, 0.2) is 5.11 Å². The van der Waals surface area contributed by atoms with Gasteiger partial charge in [-0.2, -0.15) is 0 Å². The molecule has 2 aromatic carbocycles. The highest BCUT2D eigenvalue weighted by atomic mass is 35.5. The first kappa shape index (κ1) is 25.9. The van der Waals surface area contributed by atoms with Crippen molar-refractivity contribution >= 4 is 34.6 Å². The van der Waals surface area contributed by atoms with Gasteiger partial charge < -0.3 is 29.0 Å². The molecule has 1 fully saturated rings. The summed E-state index contributed by atoms with van der Waals surface area (Å²) in [6.07, 6.45) is 1.80. The molecule has 0 unspecified atom stereocenters. The van der Waals surface area contributed by atoms with Gasteiger partial charge in [0.2, 0.25) is 0 Å². The number of ether oxygens (including phenoxy) is 3. The van der Waals surface area contributed by atoms with Crippen LogP contribution in [0.4, 0.5) is 5.69 Å². The summed E-state index contributed by atoms with van der Waals surface area (Å²) in [7, 11) is 4.94. The average Bonchev–Trinajstić information content (AvgIpc) is 3.43. The molecule has 7 nitrogen and oxygen atoms in total. The molecule has 1 N–H and O–H groups in total. The molecule has 0 amide bonds. The lowest BCUT2D eigenvalue weighted by molar-refractivity contribution is 0.394. The van der Waals surface area contributed by atoms with Gasteiger partial charge in [-0.3, -0.25) is 4.98 Å². The maximum atomic E-state index is 6.41. The van der Waals surface area contributed by atoms with Crippen molar-refractivity contribution in [1.82, 2.24) is 14.9 Å². The summed E-state index contributed by atoms with van der Waals surface area (Å²) in [6, 6.07) is 19.1. The van der Waals surface area contributed by atoms with Gasteiger partial charge in [0.1, 0.15) is 17.2 Å². The number of pyridine rings is 1. The van der Waals surface area contributed by atoms with Gasteiger partial charge in [-0.25, -0.2) is 0 Å². The second-order valence-electron chi connectivity index (χ2n) is 9.01. The zero-order valence-corrected chi connectivity index (χ0v) is 23.4. The maximum Gasteiger partial charge on any atom is 0.174 e. The van der Waals surface area contributed by atoms with Crippen molar-refractivity contribution in [2.45, 2.75) is 25.9 Å². The first-order valence-electron chi connectivity index (χ1n) is 12.1. The van der Waals surface area contributed by atoms with Crippen LogP contribution in [-0.4, -0.2) is 36.0 Å². The van der Waals surface area contributed by atoms with Crippen LogP contribution in [0.3, 0.4) is 0 Å². The molecule has 1 saturated heterocycles. The Hall–Kier alpha value is -3.75. The number of methoxy groups -OCH3 is 3. The van der Waals surface area contributed by atoms with Crippen molar-refractivity contribution in [3.63, 3.8) is 0 Å². The molecule has 2 aromatic heterocycles. The van der Waals surface area contributed by atoms with Gasteiger partial charge in [0, 0.05) is 28.7 Å². The summed E-state index contributed by atoms with van der Waals surface area (Å²) in [6.45, 7) is 4.18. The Morgan fingerprint density at radius 3 is 2.37 bits per heavy atom. The van der Waals surface area contributed by atoms with E-state index >= 15 is 0 Å². The molecule has 196 valence electrons. The third-order valence-corrected chi connectivity index (χ3v) is 7.46. The summed E-state index contributed by atoms with van der Waals surface area (Å²) < 4.78 is 19.1. The number of rotatable bonds is 7. The highest BCUT2D eigenvalue weighted by Crippen LogP contribution is 2.47. The van der Waals surface area contributed by atoms with Crippen molar-refractivity contribution in [3.05, 3.63) is 94.5 Å². The fourth-order valence-corrected chi connectivity index (χ4v) is 5.72. The number of aromatic nitrogens is 2. The molecule has 0 bridgehead atoms. The standard InChI is InChI=1S/C29H29ClN4O3S/c1-17-14-21(18(2)33(17)24-15-19(30)9-12-25(24)36-4)28-27(22-8-6-7-13-31-22)32-29(38)34(28)23-11-10-20(35-3)16-26(23)37-5/h6-16,27-28H,1-5H3,(H,32,38)/t27-,28-/m0/s1. The van der Waals surface area contributed by atoms with Gasteiger partial charge >= 0.3 is 0 Å². The topological polar surface area (TPSA) is 60.8 Å². The summed E-state index contributed by atoms with van der Waals surface area (Å²) in [5, 5.41) is 4.74. The Bertz CT molecular complexity index is 1490. The lowest BCUT2D eigenvalue weighted by Gasteiger charge is -2.29. The second-order valence-corrected chi connectivity index (χ2v) is 9.84. The molecule has 9 heteroatoms. The van der Waals surface area contributed by atoms with E-state index in [4.69, 9.17) is 38.0 Å². The summed E-state index contributed by atoms with van der Waals surface area (Å²) >= 11 is 12.3. The van der Waals surface area contributed by atoms with E-state index in [0.717, 1.165) is 39.8 Å². The highest BCUT2D eigenvalue weighted by molar-refractivity contribution is 7.80. The number of nitrogens with zero attached hydrogens (tertiary/aromatic N) is 3. The van der Waals surface area contributed by atoms with Crippen LogP contribution in [0, 0.1) is 13.8 Å². The normalized spacial score (nSPS) is 16.9. The maximum absolute atomic E-state index is 6.41. The fraction of sp³-hybridized carbons (Fsp3) is 0.241. The minimum atomic E-state index is -0.218. The number of thiocarbonyl (C=S) groups is 1. The molecule has 0 saturated carbocycles. The molecule has 0 aliphatic carbocycles. The van der Waals surface area contributed by atoms with Crippen LogP contribution in [0.15, 0.2) is 66.9 Å². The predicted molar refractivity (Wildman–Crippen MR) is 154 cm³/mol. The smallest absolute Gasteiger partial charge is 0.174 e. The van der Waals surface area contributed by atoms with Crippen molar-refractivity contribution in [1.29, 1.82) is 0 Å². The molecule has 5 rings (SSSR count). The Morgan fingerprint density at radius 2 is 1.68 bits per heavy atom. The van der Waals surface area contributed by atoms with Gasteiger partial charge in [0.25, 0.3) is 0 Å². The quantitative estimate of drug-likeness (QED) is 0.270. The van der Waals surface area contributed by atoms with Gasteiger partial charge in [-0.05, 0) is 80.2 Å². The first-order valence-corrected chi connectivity index (χ1v) is 12.9. The number of halogens is 1. The Kier molecular flexibility index (Phi) is 7.19. The third kappa shape index (κ3) is 4.44. The van der Waals surface area contributed by atoms with E-state index in [1.54, 1.807) is 27.5 Å². The largest absolute Gasteiger partial charge is 0.497 e. The Labute approximate surface area is 232 Å². The zero-order valence-electron chi connectivity index (χ0n) is 21.9. The van der Waals surface area contributed by atoms with E-state index in [1.807, 2.05) is 54.6 Å². The van der Waals surface area contributed by atoms with Gasteiger partial charge in [-0.1, -0.05) is 17.7 Å². The lowest BCUT2D eigenvalue weighted by atomic mass is 9.96. The summed E-state index contributed by atoms with van der Waals surface area (Å²) in [5.41, 5.74) is 5.76. The van der Waals surface area contributed by atoms with Crippen molar-refractivity contribution < 1.29 is 14.2 Å². The van der Waals surface area contributed by atoms with E-state index in [-0.39, 0.29) is 12.1 Å². The number of aryl methyl sites for hydroxylation is 1. The average molecular weight is 549 g/mol. The molecule has 3 heterocycles. The third-order valence-electron chi connectivity index (χ3n) is 6.92. The monoisotopic (exact) mass is 548 g/mol. The SMILES string of the molecule is COc1ccc(N2C(=S)N[C@@H](c3ccccn3)[C@@H]2c2cc(C)n(-c3cc(Cl)ccc3OC)c2C)c(OC)c1. The van der Waals surface area contributed by atoms with Crippen molar-refractivity contribution in [2.24, 2.45) is 0 Å². The Morgan fingerprint density at radius 1 is 0.895 bits per heavy atom. The molecule has 1 aliphatic heterocycles. The molecule has 0 spiro atoms. The minimum Gasteiger partial charge on any atom is -0.497 e. The molecule has 0 radical (unpaired) electrons. The number of benzene rings is 2. The van der Waals surface area contributed by atoms with Gasteiger partial charge in [0.05, 0.1) is 50.5 Å². The number of nitrogens with one attached hydrogen (secondary N) is 1. The van der Waals surface area contributed by atoms with Crippen molar-refractivity contribution in [2.75, 3.05) is 26.2 Å². The van der Waals surface area contributed by atoms with E-state index in [0.29, 0.717) is 21.6 Å². The molecular formula is C29H29ClN4O3S. The number of hydrogen-bond donors (Lipinski definition) is 1. The van der Waals surface area contributed by atoms with E-state index in [2.05, 4.69) is 39.7 Å². The molecular weight excluding hydrogens is 520 g/mol.